The standard InChI is InChI=1S/C14H19NO5S/c1-10-3-4-12(9-13(10)14(16)17)21(18,19)15(2)11-5-7-20-8-6-11/h3-4,9,11H,5-8H2,1-2H3,(H,16,17). The second-order valence-corrected chi connectivity index (χ2v) is 7.14. The Bertz CT molecular complexity index is 635. The largest absolute Gasteiger partial charge is 0.478 e. The Morgan fingerprint density at radius 3 is 2.52 bits per heavy atom. The van der Waals surface area contributed by atoms with E-state index in [2.05, 4.69) is 0 Å². The maximum absolute atomic E-state index is 12.6. The van der Waals surface area contributed by atoms with E-state index in [1.54, 1.807) is 6.92 Å². The minimum atomic E-state index is -3.70. The summed E-state index contributed by atoms with van der Waals surface area (Å²) in [4.78, 5) is 11.2. The van der Waals surface area contributed by atoms with Gasteiger partial charge >= 0.3 is 5.97 Å². The van der Waals surface area contributed by atoms with Gasteiger partial charge in [0, 0.05) is 26.3 Å². The summed E-state index contributed by atoms with van der Waals surface area (Å²) in [5, 5.41) is 9.12. The lowest BCUT2D eigenvalue weighted by Gasteiger charge is -2.30. The molecule has 1 heterocycles. The summed E-state index contributed by atoms with van der Waals surface area (Å²) >= 11 is 0. The number of carboxylic acid groups (broad SMARTS) is 1. The fourth-order valence-corrected chi connectivity index (χ4v) is 3.85. The fourth-order valence-electron chi connectivity index (χ4n) is 2.40. The fraction of sp³-hybridized carbons (Fsp3) is 0.500. The third-order valence-corrected chi connectivity index (χ3v) is 5.73. The first-order valence-electron chi connectivity index (χ1n) is 6.74. The lowest BCUT2D eigenvalue weighted by atomic mass is 10.1. The molecule has 1 fully saturated rings. The lowest BCUT2D eigenvalue weighted by Crippen LogP contribution is -2.40. The lowest BCUT2D eigenvalue weighted by molar-refractivity contribution is 0.0632. The molecule has 21 heavy (non-hydrogen) atoms. The molecule has 7 heteroatoms. The first-order chi connectivity index (χ1) is 9.84. The molecule has 1 saturated heterocycles. The third kappa shape index (κ3) is 3.25. The van der Waals surface area contributed by atoms with Gasteiger partial charge in [-0.3, -0.25) is 0 Å². The maximum atomic E-state index is 12.6. The summed E-state index contributed by atoms with van der Waals surface area (Å²) in [6, 6.07) is 4.09. The number of nitrogens with zero attached hydrogens (tertiary/aromatic N) is 1. The first kappa shape index (κ1) is 15.9. The van der Waals surface area contributed by atoms with Crippen LogP contribution in [0.3, 0.4) is 0 Å². The molecule has 0 bridgehead atoms. The van der Waals surface area contributed by atoms with Crippen molar-refractivity contribution in [3.05, 3.63) is 29.3 Å². The minimum absolute atomic E-state index is 0.0106. The molecule has 0 spiro atoms. The Morgan fingerprint density at radius 2 is 1.95 bits per heavy atom. The van der Waals surface area contributed by atoms with Crippen LogP contribution >= 0.6 is 0 Å². The highest BCUT2D eigenvalue weighted by molar-refractivity contribution is 7.89. The molecular formula is C14H19NO5S. The molecule has 0 atom stereocenters. The zero-order valence-corrected chi connectivity index (χ0v) is 12.9. The van der Waals surface area contributed by atoms with Crippen molar-refractivity contribution in [2.75, 3.05) is 20.3 Å². The van der Waals surface area contributed by atoms with Gasteiger partial charge in [-0.1, -0.05) is 6.07 Å². The molecule has 0 amide bonds. The number of carboxylic acids is 1. The van der Waals surface area contributed by atoms with Crippen molar-refractivity contribution in [2.45, 2.75) is 30.7 Å². The number of sulfonamides is 1. The van der Waals surface area contributed by atoms with Gasteiger partial charge in [-0.2, -0.15) is 4.31 Å². The second kappa shape index (κ2) is 6.13. The molecule has 0 saturated carbocycles. The summed E-state index contributed by atoms with van der Waals surface area (Å²) in [6.45, 7) is 2.72. The van der Waals surface area contributed by atoms with Crippen molar-refractivity contribution in [3.63, 3.8) is 0 Å². The number of aryl methyl sites for hydroxylation is 1. The Labute approximate surface area is 124 Å². The number of benzene rings is 1. The summed E-state index contributed by atoms with van der Waals surface area (Å²) in [5.41, 5.74) is 0.548. The van der Waals surface area contributed by atoms with Crippen molar-refractivity contribution >= 4 is 16.0 Å². The first-order valence-corrected chi connectivity index (χ1v) is 8.18. The van der Waals surface area contributed by atoms with E-state index in [-0.39, 0.29) is 16.5 Å². The second-order valence-electron chi connectivity index (χ2n) is 5.15. The number of rotatable bonds is 4. The number of aromatic carboxylic acids is 1. The molecule has 1 aliphatic heterocycles. The van der Waals surface area contributed by atoms with E-state index in [1.165, 1.54) is 29.6 Å². The van der Waals surface area contributed by atoms with Crippen molar-refractivity contribution in [1.29, 1.82) is 0 Å². The molecule has 2 rings (SSSR count). The maximum Gasteiger partial charge on any atom is 0.335 e. The monoisotopic (exact) mass is 313 g/mol. The molecule has 6 nitrogen and oxygen atoms in total. The average Bonchev–Trinajstić information content (AvgIpc) is 2.47. The van der Waals surface area contributed by atoms with E-state index in [9.17, 15) is 13.2 Å². The van der Waals surface area contributed by atoms with Crippen LogP contribution in [0.15, 0.2) is 23.1 Å². The van der Waals surface area contributed by atoms with E-state index in [0.29, 0.717) is 31.6 Å². The van der Waals surface area contributed by atoms with Gasteiger partial charge < -0.3 is 9.84 Å². The van der Waals surface area contributed by atoms with E-state index >= 15 is 0 Å². The molecule has 1 aromatic carbocycles. The Morgan fingerprint density at radius 1 is 1.33 bits per heavy atom. The van der Waals surface area contributed by atoms with Crippen LogP contribution < -0.4 is 0 Å². The SMILES string of the molecule is Cc1ccc(S(=O)(=O)N(C)C2CCOCC2)cc1C(=O)O. The van der Waals surface area contributed by atoms with Crippen molar-refractivity contribution in [3.8, 4) is 0 Å². The Balaban J connectivity index is 2.34. The predicted molar refractivity (Wildman–Crippen MR) is 76.9 cm³/mol. The smallest absolute Gasteiger partial charge is 0.335 e. The van der Waals surface area contributed by atoms with Crippen LogP contribution in [0.5, 0.6) is 0 Å². The van der Waals surface area contributed by atoms with Crippen molar-refractivity contribution in [1.82, 2.24) is 4.31 Å². The topological polar surface area (TPSA) is 83.9 Å². The summed E-state index contributed by atoms with van der Waals surface area (Å²) in [6.07, 6.45) is 1.29. The van der Waals surface area contributed by atoms with Gasteiger partial charge in [0.2, 0.25) is 10.0 Å². The molecular weight excluding hydrogens is 294 g/mol. The van der Waals surface area contributed by atoms with Gasteiger partial charge in [0.05, 0.1) is 10.5 Å². The number of hydrogen-bond acceptors (Lipinski definition) is 4. The Kier molecular flexibility index (Phi) is 4.65. The summed E-state index contributed by atoms with van der Waals surface area (Å²) in [5.74, 6) is -1.13. The molecule has 1 N–H and O–H groups in total. The normalized spacial score (nSPS) is 17.1. The highest BCUT2D eigenvalue weighted by atomic mass is 32.2. The van der Waals surface area contributed by atoms with Crippen LogP contribution in [0, 0.1) is 6.92 Å². The predicted octanol–water partition coefficient (Wildman–Crippen LogP) is 1.49. The van der Waals surface area contributed by atoms with Gasteiger partial charge in [-0.15, -0.1) is 0 Å². The van der Waals surface area contributed by atoms with Crippen LogP contribution in [-0.4, -0.2) is 50.1 Å². The molecule has 1 aliphatic rings. The zero-order chi connectivity index (χ0) is 15.6. The molecule has 0 aromatic heterocycles. The van der Waals surface area contributed by atoms with Crippen LogP contribution in [0.2, 0.25) is 0 Å². The van der Waals surface area contributed by atoms with Crippen molar-refractivity contribution in [2.24, 2.45) is 0 Å². The number of carbonyl (C=O) groups is 1. The van der Waals surface area contributed by atoms with E-state index in [1.807, 2.05) is 0 Å². The van der Waals surface area contributed by atoms with Crippen LogP contribution in [0.1, 0.15) is 28.8 Å². The molecule has 116 valence electrons. The van der Waals surface area contributed by atoms with Gasteiger partial charge in [0.15, 0.2) is 0 Å². The van der Waals surface area contributed by atoms with Gasteiger partial charge in [0.25, 0.3) is 0 Å². The summed E-state index contributed by atoms with van der Waals surface area (Å²) in [7, 11) is -2.16. The van der Waals surface area contributed by atoms with E-state index < -0.39 is 16.0 Å². The van der Waals surface area contributed by atoms with Crippen LogP contribution in [0.4, 0.5) is 0 Å². The van der Waals surface area contributed by atoms with Crippen LogP contribution in [-0.2, 0) is 14.8 Å². The Hall–Kier alpha value is -1.44. The van der Waals surface area contributed by atoms with Crippen LogP contribution in [0.25, 0.3) is 0 Å². The van der Waals surface area contributed by atoms with E-state index in [4.69, 9.17) is 9.84 Å². The van der Waals surface area contributed by atoms with Gasteiger partial charge in [-0.25, -0.2) is 13.2 Å². The van der Waals surface area contributed by atoms with E-state index in [0.717, 1.165) is 0 Å². The van der Waals surface area contributed by atoms with Gasteiger partial charge in [-0.05, 0) is 37.5 Å². The molecule has 1 aromatic rings. The van der Waals surface area contributed by atoms with Crippen molar-refractivity contribution < 1.29 is 23.1 Å². The summed E-state index contributed by atoms with van der Waals surface area (Å²) < 4.78 is 31.8. The zero-order valence-electron chi connectivity index (χ0n) is 12.1. The average molecular weight is 313 g/mol. The molecule has 0 radical (unpaired) electrons. The molecule has 0 unspecified atom stereocenters. The minimum Gasteiger partial charge on any atom is -0.478 e. The number of hydrogen-bond donors (Lipinski definition) is 1. The highest BCUT2D eigenvalue weighted by Crippen LogP contribution is 2.23. The highest BCUT2D eigenvalue weighted by Gasteiger charge is 2.30. The third-order valence-electron chi connectivity index (χ3n) is 3.82. The van der Waals surface area contributed by atoms with Gasteiger partial charge in [0.1, 0.15) is 0 Å². The quantitative estimate of drug-likeness (QED) is 0.910. The molecule has 0 aliphatic carbocycles. The number of ether oxygens (including phenoxy) is 1.